The molecule has 2 aliphatic carbocycles. The van der Waals surface area contributed by atoms with Crippen LogP contribution < -0.4 is 11.3 Å². The van der Waals surface area contributed by atoms with Crippen molar-refractivity contribution < 1.29 is 0 Å². The first-order valence-electron chi connectivity index (χ1n) is 7.18. The van der Waals surface area contributed by atoms with Crippen molar-refractivity contribution in [1.82, 2.24) is 5.43 Å². The minimum Gasteiger partial charge on any atom is -0.312 e. The molecule has 1 atom stereocenters. The molecule has 1 unspecified atom stereocenters. The molecule has 0 aliphatic heterocycles. The van der Waals surface area contributed by atoms with Gasteiger partial charge in [-0.1, -0.05) is 39.5 Å². The van der Waals surface area contributed by atoms with Crippen LogP contribution in [0.3, 0.4) is 0 Å². The van der Waals surface area contributed by atoms with E-state index in [0.717, 1.165) is 5.84 Å². The molecule has 0 radical (unpaired) electrons. The Morgan fingerprint density at radius 3 is 2.35 bits per heavy atom. The van der Waals surface area contributed by atoms with Crippen molar-refractivity contribution in [3.05, 3.63) is 0 Å². The molecule has 0 heterocycles. The lowest BCUT2D eigenvalue weighted by molar-refractivity contribution is 0.319. The highest BCUT2D eigenvalue weighted by atomic mass is 15.3. The zero-order valence-corrected chi connectivity index (χ0v) is 11.3. The second kappa shape index (κ2) is 5.38. The molecule has 2 aliphatic rings. The summed E-state index contributed by atoms with van der Waals surface area (Å²) in [7, 11) is 0. The molecule has 3 heteroatoms. The number of nitrogens with one attached hydrogen (secondary N) is 1. The van der Waals surface area contributed by atoms with Crippen LogP contribution in [0.1, 0.15) is 65.2 Å². The van der Waals surface area contributed by atoms with Gasteiger partial charge >= 0.3 is 0 Å². The van der Waals surface area contributed by atoms with Crippen LogP contribution in [0, 0.1) is 11.3 Å². The monoisotopic (exact) mass is 237 g/mol. The molecule has 0 aromatic heterocycles. The van der Waals surface area contributed by atoms with Crippen molar-refractivity contribution in [3.8, 4) is 0 Å². The summed E-state index contributed by atoms with van der Waals surface area (Å²) in [5.41, 5.74) is 3.26. The number of nitrogens with two attached hydrogens (primary N) is 1. The number of rotatable bonds is 2. The van der Waals surface area contributed by atoms with Crippen LogP contribution in [0.15, 0.2) is 4.99 Å². The summed E-state index contributed by atoms with van der Waals surface area (Å²) in [4.78, 5) is 4.91. The molecular formula is C14H27N3. The van der Waals surface area contributed by atoms with Crippen LogP contribution in [0.5, 0.6) is 0 Å². The minimum absolute atomic E-state index is 0.361. The van der Waals surface area contributed by atoms with Gasteiger partial charge in [0.2, 0.25) is 0 Å². The van der Waals surface area contributed by atoms with E-state index in [1.54, 1.807) is 0 Å². The summed E-state index contributed by atoms with van der Waals surface area (Å²) in [5, 5.41) is 0. The smallest absolute Gasteiger partial charge is 0.114 e. The van der Waals surface area contributed by atoms with Gasteiger partial charge in [0.25, 0.3) is 0 Å². The van der Waals surface area contributed by atoms with E-state index in [1.807, 2.05) is 0 Å². The average Bonchev–Trinajstić information content (AvgIpc) is 2.67. The molecule has 17 heavy (non-hydrogen) atoms. The summed E-state index contributed by atoms with van der Waals surface area (Å²) in [6.45, 7) is 4.69. The van der Waals surface area contributed by atoms with Crippen LogP contribution in [-0.4, -0.2) is 11.9 Å². The molecule has 0 amide bonds. The molecule has 0 aromatic rings. The largest absolute Gasteiger partial charge is 0.312 e. The molecule has 0 saturated heterocycles. The third-order valence-electron chi connectivity index (χ3n) is 4.63. The Morgan fingerprint density at radius 2 is 1.82 bits per heavy atom. The number of hydrazine groups is 1. The van der Waals surface area contributed by atoms with Crippen LogP contribution in [0.25, 0.3) is 0 Å². The van der Waals surface area contributed by atoms with Crippen molar-refractivity contribution in [3.63, 3.8) is 0 Å². The van der Waals surface area contributed by atoms with E-state index in [9.17, 15) is 0 Å². The number of nitrogens with zero attached hydrogens (tertiary/aromatic N) is 1. The first-order chi connectivity index (χ1) is 8.13. The summed E-state index contributed by atoms with van der Waals surface area (Å²) in [6, 6.07) is 0.520. The van der Waals surface area contributed by atoms with Crippen molar-refractivity contribution in [1.29, 1.82) is 0 Å². The Kier molecular flexibility index (Phi) is 4.08. The molecule has 3 N–H and O–H groups in total. The number of aliphatic imine (C=N–C) groups is 1. The molecule has 2 rings (SSSR count). The van der Waals surface area contributed by atoms with E-state index >= 15 is 0 Å². The third kappa shape index (κ3) is 3.01. The quantitative estimate of drug-likeness (QED) is 0.336. The van der Waals surface area contributed by atoms with Crippen molar-refractivity contribution in [2.75, 3.05) is 0 Å². The maximum atomic E-state index is 5.71. The Bertz CT molecular complexity index is 277. The Labute approximate surface area is 105 Å². The highest BCUT2D eigenvalue weighted by Gasteiger charge is 2.37. The summed E-state index contributed by atoms with van der Waals surface area (Å²) in [6.07, 6.45) is 10.4. The SMILES string of the molecule is CC1(C)CCCC1C(=NC1CCCCC1)NN. The predicted molar refractivity (Wildman–Crippen MR) is 72.8 cm³/mol. The molecular weight excluding hydrogens is 210 g/mol. The molecule has 0 bridgehead atoms. The number of hydrogen-bond acceptors (Lipinski definition) is 2. The first-order valence-corrected chi connectivity index (χ1v) is 7.18. The summed E-state index contributed by atoms with van der Waals surface area (Å²) >= 11 is 0. The fourth-order valence-corrected chi connectivity index (χ4v) is 3.47. The van der Waals surface area contributed by atoms with Gasteiger partial charge in [0.15, 0.2) is 0 Å². The van der Waals surface area contributed by atoms with Crippen molar-refractivity contribution in [2.24, 2.45) is 22.2 Å². The zero-order chi connectivity index (χ0) is 12.3. The molecule has 2 saturated carbocycles. The van der Waals surface area contributed by atoms with E-state index in [1.165, 1.54) is 51.4 Å². The van der Waals surface area contributed by atoms with Crippen LogP contribution in [-0.2, 0) is 0 Å². The number of amidine groups is 1. The standard InChI is InChI=1S/C14H27N3/c1-14(2)10-6-9-12(14)13(17-15)16-11-7-4-3-5-8-11/h11-12H,3-10,15H2,1-2H3,(H,16,17). The molecule has 3 nitrogen and oxygen atoms in total. The lowest BCUT2D eigenvalue weighted by Crippen LogP contribution is -2.41. The second-order valence-corrected chi connectivity index (χ2v) is 6.38. The first kappa shape index (κ1) is 12.9. The average molecular weight is 237 g/mol. The highest BCUT2D eigenvalue weighted by molar-refractivity contribution is 5.85. The van der Waals surface area contributed by atoms with Gasteiger partial charge in [-0.25, -0.2) is 5.84 Å². The second-order valence-electron chi connectivity index (χ2n) is 6.38. The van der Waals surface area contributed by atoms with Gasteiger partial charge in [0.1, 0.15) is 5.84 Å². The Balaban J connectivity index is 2.06. The maximum absolute atomic E-state index is 5.71. The minimum atomic E-state index is 0.361. The van der Waals surface area contributed by atoms with Gasteiger partial charge in [-0.2, -0.15) is 0 Å². The van der Waals surface area contributed by atoms with Gasteiger partial charge in [-0.05, 0) is 31.1 Å². The van der Waals surface area contributed by atoms with Gasteiger partial charge in [0.05, 0.1) is 6.04 Å². The molecule has 0 spiro atoms. The lowest BCUT2D eigenvalue weighted by atomic mass is 9.81. The number of hydrogen-bond donors (Lipinski definition) is 2. The van der Waals surface area contributed by atoms with E-state index in [4.69, 9.17) is 10.8 Å². The van der Waals surface area contributed by atoms with Crippen molar-refractivity contribution in [2.45, 2.75) is 71.3 Å². The van der Waals surface area contributed by atoms with Crippen LogP contribution in [0.4, 0.5) is 0 Å². The van der Waals surface area contributed by atoms with Crippen LogP contribution >= 0.6 is 0 Å². The predicted octanol–water partition coefficient (Wildman–Crippen LogP) is 3.01. The summed E-state index contributed by atoms with van der Waals surface area (Å²) < 4.78 is 0. The van der Waals surface area contributed by atoms with E-state index < -0.39 is 0 Å². The zero-order valence-electron chi connectivity index (χ0n) is 11.3. The Morgan fingerprint density at radius 1 is 1.12 bits per heavy atom. The fraction of sp³-hybridized carbons (Fsp3) is 0.929. The normalized spacial score (nSPS) is 30.5. The van der Waals surface area contributed by atoms with Gasteiger partial charge in [0, 0.05) is 5.92 Å². The molecule has 0 aromatic carbocycles. The van der Waals surface area contributed by atoms with Gasteiger partial charge in [-0.15, -0.1) is 0 Å². The van der Waals surface area contributed by atoms with E-state index in [2.05, 4.69) is 19.3 Å². The Hall–Kier alpha value is -0.570. The lowest BCUT2D eigenvalue weighted by Gasteiger charge is -2.29. The maximum Gasteiger partial charge on any atom is 0.114 e. The fourth-order valence-electron chi connectivity index (χ4n) is 3.47. The van der Waals surface area contributed by atoms with E-state index in [0.29, 0.717) is 17.4 Å². The highest BCUT2D eigenvalue weighted by Crippen LogP contribution is 2.43. The third-order valence-corrected chi connectivity index (χ3v) is 4.63. The van der Waals surface area contributed by atoms with Crippen molar-refractivity contribution >= 4 is 5.84 Å². The van der Waals surface area contributed by atoms with E-state index in [-0.39, 0.29) is 0 Å². The van der Waals surface area contributed by atoms with Gasteiger partial charge < -0.3 is 5.43 Å². The summed E-state index contributed by atoms with van der Waals surface area (Å²) in [5.74, 6) is 7.32. The molecule has 98 valence electrons. The topological polar surface area (TPSA) is 50.4 Å². The van der Waals surface area contributed by atoms with Gasteiger partial charge in [-0.3, -0.25) is 4.99 Å². The molecule has 2 fully saturated rings. The van der Waals surface area contributed by atoms with Crippen LogP contribution in [0.2, 0.25) is 0 Å².